The van der Waals surface area contributed by atoms with E-state index in [2.05, 4.69) is 63.6 Å². The van der Waals surface area contributed by atoms with E-state index >= 15 is 0 Å². The fourth-order valence-corrected chi connectivity index (χ4v) is 2.43. The average Bonchev–Trinajstić information content (AvgIpc) is 2.64. The van der Waals surface area contributed by atoms with Gasteiger partial charge in [-0.3, -0.25) is 0 Å². The molecule has 1 aliphatic rings. The number of hydrogen-bond donors (Lipinski definition) is 1. The van der Waals surface area contributed by atoms with Crippen LogP contribution in [0, 0.1) is 33.4 Å². The molecule has 0 saturated carbocycles. The Morgan fingerprint density at radius 3 is 2.24 bits per heavy atom. The van der Waals surface area contributed by atoms with Crippen LogP contribution in [0.15, 0.2) is 24.0 Å². The van der Waals surface area contributed by atoms with Crippen LogP contribution in [0.4, 0.5) is 5.69 Å². The summed E-state index contributed by atoms with van der Waals surface area (Å²) in [7, 11) is 0. The van der Waals surface area contributed by atoms with Crippen molar-refractivity contribution in [1.29, 1.82) is 0 Å². The number of benzene rings is 1. The molecular weight excluding hydrogens is 208 g/mol. The standard InChI is InChI=1S/C15H20N2/c1-10(2)14-8-16-9-17(14)15-12(4)6-11(3)7-13(15)5/h6-8,10,16H,1-5H3. The highest BCUT2D eigenvalue weighted by Crippen LogP contribution is 2.33. The summed E-state index contributed by atoms with van der Waals surface area (Å²) in [5, 5.41) is 3.09. The van der Waals surface area contributed by atoms with Crippen molar-refractivity contribution in [3.63, 3.8) is 0 Å². The summed E-state index contributed by atoms with van der Waals surface area (Å²) in [6, 6.07) is 4.44. The first-order valence-corrected chi connectivity index (χ1v) is 6.10. The van der Waals surface area contributed by atoms with Gasteiger partial charge in [0.1, 0.15) is 0 Å². The first-order valence-electron chi connectivity index (χ1n) is 6.10. The molecule has 1 aliphatic heterocycles. The highest BCUT2D eigenvalue weighted by atomic mass is 15.3. The molecular formula is C15H20N2. The Hall–Kier alpha value is -1.44. The molecule has 0 spiro atoms. The number of anilines is 1. The molecule has 0 fully saturated rings. The average molecular weight is 228 g/mol. The van der Waals surface area contributed by atoms with E-state index in [0.717, 1.165) is 0 Å². The molecule has 0 amide bonds. The van der Waals surface area contributed by atoms with Crippen molar-refractivity contribution in [2.45, 2.75) is 34.6 Å². The van der Waals surface area contributed by atoms with Crippen molar-refractivity contribution in [2.24, 2.45) is 5.92 Å². The van der Waals surface area contributed by atoms with Gasteiger partial charge in [0.2, 0.25) is 6.67 Å². The third kappa shape index (κ3) is 2.17. The van der Waals surface area contributed by atoms with Crippen molar-refractivity contribution in [2.75, 3.05) is 4.90 Å². The number of nitrogens with one attached hydrogen (secondary N) is 1. The number of allylic oxidation sites excluding steroid dienone is 1. The molecule has 0 aromatic heterocycles. The summed E-state index contributed by atoms with van der Waals surface area (Å²) in [5.74, 6) is 0.484. The Morgan fingerprint density at radius 2 is 1.71 bits per heavy atom. The molecule has 1 heterocycles. The summed E-state index contributed by atoms with van der Waals surface area (Å²) in [5.41, 5.74) is 6.42. The van der Waals surface area contributed by atoms with Crippen LogP contribution in [0.25, 0.3) is 0 Å². The minimum atomic E-state index is 0.484. The van der Waals surface area contributed by atoms with Gasteiger partial charge in [-0.2, -0.15) is 0 Å². The van der Waals surface area contributed by atoms with Crippen molar-refractivity contribution >= 4 is 5.69 Å². The lowest BCUT2D eigenvalue weighted by molar-refractivity contribution is 0.745. The van der Waals surface area contributed by atoms with Gasteiger partial charge < -0.3 is 10.2 Å². The number of nitrogens with zero attached hydrogens (tertiary/aromatic N) is 1. The fourth-order valence-electron chi connectivity index (χ4n) is 2.43. The molecule has 1 aromatic rings. The Morgan fingerprint density at radius 1 is 1.12 bits per heavy atom. The summed E-state index contributed by atoms with van der Waals surface area (Å²) >= 11 is 0. The van der Waals surface area contributed by atoms with Gasteiger partial charge in [0, 0.05) is 17.6 Å². The van der Waals surface area contributed by atoms with Crippen molar-refractivity contribution < 1.29 is 0 Å². The minimum absolute atomic E-state index is 0.484. The van der Waals surface area contributed by atoms with E-state index in [1.165, 1.54) is 28.1 Å². The van der Waals surface area contributed by atoms with Gasteiger partial charge in [-0.1, -0.05) is 31.5 Å². The Labute approximate surface area is 104 Å². The van der Waals surface area contributed by atoms with E-state index in [0.29, 0.717) is 5.92 Å². The van der Waals surface area contributed by atoms with E-state index in [1.807, 2.05) is 6.20 Å². The SMILES string of the molecule is Cc1cc(C)c(N2[C]NC=C2C(C)C)c(C)c1. The van der Waals surface area contributed by atoms with Crippen LogP contribution >= 0.6 is 0 Å². The molecule has 0 saturated heterocycles. The molecule has 0 unspecified atom stereocenters. The van der Waals surface area contributed by atoms with Crippen LogP contribution in [0.5, 0.6) is 0 Å². The van der Waals surface area contributed by atoms with Crippen LogP contribution in [0.3, 0.4) is 0 Å². The monoisotopic (exact) mass is 228 g/mol. The molecule has 2 rings (SSSR count). The molecule has 2 heteroatoms. The zero-order chi connectivity index (χ0) is 12.6. The lowest BCUT2D eigenvalue weighted by Gasteiger charge is -2.26. The van der Waals surface area contributed by atoms with E-state index in [-0.39, 0.29) is 0 Å². The zero-order valence-electron chi connectivity index (χ0n) is 11.3. The van der Waals surface area contributed by atoms with Gasteiger partial charge in [0.25, 0.3) is 0 Å². The second-order valence-corrected chi connectivity index (χ2v) is 5.06. The second-order valence-electron chi connectivity index (χ2n) is 5.06. The lowest BCUT2D eigenvalue weighted by atomic mass is 10.0. The van der Waals surface area contributed by atoms with Gasteiger partial charge in [0.05, 0.1) is 0 Å². The maximum Gasteiger partial charge on any atom is 0.210 e. The Bertz CT molecular complexity index is 435. The molecule has 1 aromatic carbocycles. The summed E-state index contributed by atoms with van der Waals surface area (Å²) < 4.78 is 0. The maximum atomic E-state index is 3.20. The zero-order valence-corrected chi connectivity index (χ0v) is 11.3. The third-order valence-electron chi connectivity index (χ3n) is 3.11. The smallest absolute Gasteiger partial charge is 0.210 e. The molecule has 2 radical (unpaired) electrons. The van der Waals surface area contributed by atoms with Gasteiger partial charge in [-0.25, -0.2) is 0 Å². The predicted molar refractivity (Wildman–Crippen MR) is 72.4 cm³/mol. The van der Waals surface area contributed by atoms with Gasteiger partial charge in [0.15, 0.2) is 0 Å². The summed E-state index contributed by atoms with van der Waals surface area (Å²) in [6.07, 6.45) is 2.03. The number of hydrogen-bond acceptors (Lipinski definition) is 2. The van der Waals surface area contributed by atoms with Crippen LogP contribution in [0.2, 0.25) is 0 Å². The normalized spacial score (nSPS) is 15.2. The van der Waals surface area contributed by atoms with Gasteiger partial charge >= 0.3 is 0 Å². The highest BCUT2D eigenvalue weighted by molar-refractivity contribution is 5.66. The minimum Gasteiger partial charge on any atom is -0.360 e. The van der Waals surface area contributed by atoms with E-state index in [9.17, 15) is 0 Å². The topological polar surface area (TPSA) is 15.3 Å². The predicted octanol–water partition coefficient (Wildman–Crippen LogP) is 3.52. The first kappa shape index (κ1) is 12.0. The van der Waals surface area contributed by atoms with E-state index in [1.54, 1.807) is 0 Å². The molecule has 0 bridgehead atoms. The molecule has 17 heavy (non-hydrogen) atoms. The summed E-state index contributed by atoms with van der Waals surface area (Å²) in [6.45, 7) is 14.1. The van der Waals surface area contributed by atoms with Crippen molar-refractivity contribution in [1.82, 2.24) is 5.32 Å². The Kier molecular flexibility index (Phi) is 3.14. The molecule has 2 nitrogen and oxygen atoms in total. The van der Waals surface area contributed by atoms with Crippen LogP contribution < -0.4 is 10.2 Å². The van der Waals surface area contributed by atoms with Crippen molar-refractivity contribution in [3.05, 3.63) is 47.4 Å². The highest BCUT2D eigenvalue weighted by Gasteiger charge is 2.23. The largest absolute Gasteiger partial charge is 0.360 e. The maximum absolute atomic E-state index is 3.20. The van der Waals surface area contributed by atoms with Crippen molar-refractivity contribution in [3.8, 4) is 0 Å². The molecule has 0 aliphatic carbocycles. The third-order valence-corrected chi connectivity index (χ3v) is 3.11. The van der Waals surface area contributed by atoms with Crippen LogP contribution in [-0.4, -0.2) is 0 Å². The fraction of sp³-hybridized carbons (Fsp3) is 0.400. The quantitative estimate of drug-likeness (QED) is 0.833. The number of rotatable bonds is 2. The van der Waals surface area contributed by atoms with E-state index in [4.69, 9.17) is 0 Å². The molecule has 0 atom stereocenters. The summed E-state index contributed by atoms with van der Waals surface area (Å²) in [4.78, 5) is 2.15. The van der Waals surface area contributed by atoms with Gasteiger partial charge in [-0.05, 0) is 37.8 Å². The first-order chi connectivity index (χ1) is 8.00. The molecule has 90 valence electrons. The van der Waals surface area contributed by atoms with Crippen LogP contribution in [-0.2, 0) is 0 Å². The number of aryl methyl sites for hydroxylation is 3. The van der Waals surface area contributed by atoms with Gasteiger partial charge in [-0.15, -0.1) is 0 Å². The molecule has 1 N–H and O–H groups in total. The Balaban J connectivity index is 2.45. The lowest BCUT2D eigenvalue weighted by Crippen LogP contribution is -2.22. The van der Waals surface area contributed by atoms with E-state index < -0.39 is 0 Å². The second kappa shape index (κ2) is 4.44. The van der Waals surface area contributed by atoms with Crippen LogP contribution in [0.1, 0.15) is 30.5 Å².